The lowest BCUT2D eigenvalue weighted by atomic mass is 10.1. The molecule has 0 bridgehead atoms. The third kappa shape index (κ3) is 2.96. The van der Waals surface area contributed by atoms with Gasteiger partial charge >= 0.3 is 0 Å². The van der Waals surface area contributed by atoms with Crippen molar-refractivity contribution in [2.45, 2.75) is 25.6 Å². The molecule has 0 radical (unpaired) electrons. The standard InChI is InChI=1S/C15H20N2O3S2/c1-3-21-15-16-12-9-22(18,19)10-13(12)17(15)8-11-6-4-5-7-14(11)20-2/h4-7,12-13H,3,8-10H2,1-2H3. The SMILES string of the molecule is CCSC1=NC2CS(=O)(=O)CC2N1Cc1ccccc1OC. The first-order valence-corrected chi connectivity index (χ1v) is 10.1. The highest BCUT2D eigenvalue weighted by atomic mass is 32.2. The summed E-state index contributed by atoms with van der Waals surface area (Å²) >= 11 is 1.68. The number of aliphatic imine (C=N–C) groups is 1. The summed E-state index contributed by atoms with van der Waals surface area (Å²) in [6.07, 6.45) is 0. The molecule has 0 saturated carbocycles. The minimum absolute atomic E-state index is 0.0380. The molecule has 2 aliphatic rings. The van der Waals surface area contributed by atoms with E-state index in [1.54, 1.807) is 18.9 Å². The van der Waals surface area contributed by atoms with Crippen LogP contribution in [0.1, 0.15) is 12.5 Å². The zero-order valence-electron chi connectivity index (χ0n) is 12.7. The molecule has 2 heterocycles. The van der Waals surface area contributed by atoms with Crippen LogP contribution in [-0.4, -0.2) is 54.9 Å². The summed E-state index contributed by atoms with van der Waals surface area (Å²) < 4.78 is 29.2. The van der Waals surface area contributed by atoms with Crippen LogP contribution in [-0.2, 0) is 16.4 Å². The minimum atomic E-state index is -2.97. The Balaban J connectivity index is 1.88. The normalized spacial score (nSPS) is 25.9. The van der Waals surface area contributed by atoms with Crippen LogP contribution < -0.4 is 4.74 Å². The molecule has 0 aliphatic carbocycles. The number of hydrogen-bond acceptors (Lipinski definition) is 6. The van der Waals surface area contributed by atoms with Gasteiger partial charge in [0.05, 0.1) is 30.7 Å². The zero-order chi connectivity index (χ0) is 15.7. The highest BCUT2D eigenvalue weighted by Gasteiger charge is 2.46. The molecule has 1 aromatic rings. The smallest absolute Gasteiger partial charge is 0.160 e. The Hall–Kier alpha value is -1.21. The fraction of sp³-hybridized carbons (Fsp3) is 0.533. The molecule has 0 spiro atoms. The molecule has 5 nitrogen and oxygen atoms in total. The van der Waals surface area contributed by atoms with Gasteiger partial charge in [0.2, 0.25) is 0 Å². The van der Waals surface area contributed by atoms with Gasteiger partial charge in [-0.1, -0.05) is 36.9 Å². The van der Waals surface area contributed by atoms with Crippen LogP contribution in [0.15, 0.2) is 29.3 Å². The number of para-hydroxylation sites is 1. The van der Waals surface area contributed by atoms with E-state index >= 15 is 0 Å². The first-order chi connectivity index (χ1) is 10.5. The molecule has 3 rings (SSSR count). The number of benzene rings is 1. The van der Waals surface area contributed by atoms with Crippen LogP contribution in [0.4, 0.5) is 0 Å². The summed E-state index contributed by atoms with van der Waals surface area (Å²) in [7, 11) is -1.32. The van der Waals surface area contributed by atoms with Crippen molar-refractivity contribution < 1.29 is 13.2 Å². The molecule has 1 aromatic carbocycles. The molecule has 2 atom stereocenters. The molecule has 1 fully saturated rings. The van der Waals surface area contributed by atoms with Crippen molar-refractivity contribution in [1.29, 1.82) is 0 Å². The highest BCUT2D eigenvalue weighted by molar-refractivity contribution is 8.13. The second-order valence-electron chi connectivity index (χ2n) is 5.50. The Kier molecular flexibility index (Phi) is 4.36. The number of methoxy groups -OCH3 is 1. The number of rotatable bonds is 4. The monoisotopic (exact) mass is 340 g/mol. The second-order valence-corrected chi connectivity index (χ2v) is 8.88. The van der Waals surface area contributed by atoms with Crippen molar-refractivity contribution in [3.63, 3.8) is 0 Å². The molecule has 1 saturated heterocycles. The van der Waals surface area contributed by atoms with Gasteiger partial charge in [-0.15, -0.1) is 0 Å². The van der Waals surface area contributed by atoms with Crippen molar-refractivity contribution in [2.75, 3.05) is 24.4 Å². The first-order valence-electron chi connectivity index (χ1n) is 7.33. The minimum Gasteiger partial charge on any atom is -0.496 e. The first kappa shape index (κ1) is 15.7. The molecular weight excluding hydrogens is 320 g/mol. The van der Waals surface area contributed by atoms with E-state index in [0.29, 0.717) is 6.54 Å². The van der Waals surface area contributed by atoms with Crippen LogP contribution in [0.2, 0.25) is 0 Å². The predicted octanol–water partition coefficient (Wildman–Crippen LogP) is 1.79. The van der Waals surface area contributed by atoms with Crippen LogP contribution >= 0.6 is 11.8 Å². The number of nitrogens with zero attached hydrogens (tertiary/aromatic N) is 2. The molecule has 120 valence electrons. The van der Waals surface area contributed by atoms with Crippen molar-refractivity contribution in [3.8, 4) is 5.75 Å². The van der Waals surface area contributed by atoms with Crippen molar-refractivity contribution in [2.24, 2.45) is 4.99 Å². The average molecular weight is 340 g/mol. The number of sulfone groups is 1. The Morgan fingerprint density at radius 1 is 1.36 bits per heavy atom. The van der Waals surface area contributed by atoms with E-state index in [-0.39, 0.29) is 23.6 Å². The molecule has 22 heavy (non-hydrogen) atoms. The third-order valence-electron chi connectivity index (χ3n) is 4.02. The number of thioether (sulfide) groups is 1. The van der Waals surface area contributed by atoms with Gasteiger partial charge in [0.15, 0.2) is 15.0 Å². The third-order valence-corrected chi connectivity index (χ3v) is 6.61. The lowest BCUT2D eigenvalue weighted by Crippen LogP contribution is -2.38. The molecular formula is C15H20N2O3S2. The Morgan fingerprint density at radius 3 is 2.86 bits per heavy atom. The molecule has 0 aromatic heterocycles. The largest absolute Gasteiger partial charge is 0.496 e. The summed E-state index contributed by atoms with van der Waals surface area (Å²) in [6.45, 7) is 2.71. The lowest BCUT2D eigenvalue weighted by molar-refractivity contribution is 0.332. The Labute approximate surface area is 135 Å². The molecule has 2 aliphatic heterocycles. The lowest BCUT2D eigenvalue weighted by Gasteiger charge is -2.27. The van der Waals surface area contributed by atoms with E-state index in [9.17, 15) is 8.42 Å². The van der Waals surface area contributed by atoms with Gasteiger partial charge in [0.25, 0.3) is 0 Å². The zero-order valence-corrected chi connectivity index (χ0v) is 14.4. The van der Waals surface area contributed by atoms with Crippen molar-refractivity contribution >= 4 is 26.8 Å². The number of amidine groups is 1. The maximum atomic E-state index is 11.9. The summed E-state index contributed by atoms with van der Waals surface area (Å²) in [6, 6.07) is 7.70. The predicted molar refractivity (Wildman–Crippen MR) is 90.3 cm³/mol. The number of fused-ring (bicyclic) bond motifs is 1. The number of hydrogen-bond donors (Lipinski definition) is 0. The Bertz CT molecular complexity index is 688. The fourth-order valence-electron chi connectivity index (χ4n) is 3.04. The fourth-order valence-corrected chi connectivity index (χ4v) is 5.75. The van der Waals surface area contributed by atoms with E-state index in [2.05, 4.69) is 16.8 Å². The van der Waals surface area contributed by atoms with Gasteiger partial charge in [0.1, 0.15) is 5.75 Å². The van der Waals surface area contributed by atoms with Crippen LogP contribution in [0, 0.1) is 0 Å². The van der Waals surface area contributed by atoms with Crippen LogP contribution in [0.25, 0.3) is 0 Å². The summed E-state index contributed by atoms with van der Waals surface area (Å²) in [5.41, 5.74) is 1.05. The van der Waals surface area contributed by atoms with E-state index in [0.717, 1.165) is 22.2 Å². The van der Waals surface area contributed by atoms with Crippen LogP contribution in [0.5, 0.6) is 5.75 Å². The number of ether oxygens (including phenoxy) is 1. The van der Waals surface area contributed by atoms with Gasteiger partial charge in [0, 0.05) is 12.1 Å². The van der Waals surface area contributed by atoms with Gasteiger partial charge < -0.3 is 9.64 Å². The second kappa shape index (κ2) is 6.12. The van der Waals surface area contributed by atoms with Crippen LogP contribution in [0.3, 0.4) is 0 Å². The average Bonchev–Trinajstić information content (AvgIpc) is 2.93. The van der Waals surface area contributed by atoms with E-state index in [4.69, 9.17) is 4.74 Å². The van der Waals surface area contributed by atoms with Gasteiger partial charge in [-0.05, 0) is 11.8 Å². The quantitative estimate of drug-likeness (QED) is 0.836. The maximum Gasteiger partial charge on any atom is 0.160 e. The van der Waals surface area contributed by atoms with E-state index in [1.165, 1.54) is 0 Å². The van der Waals surface area contributed by atoms with Gasteiger partial charge in [-0.25, -0.2) is 8.42 Å². The van der Waals surface area contributed by atoms with Gasteiger partial charge in [-0.3, -0.25) is 4.99 Å². The summed E-state index contributed by atoms with van der Waals surface area (Å²) in [4.78, 5) is 6.79. The summed E-state index contributed by atoms with van der Waals surface area (Å²) in [5, 5.41) is 0.957. The highest BCUT2D eigenvalue weighted by Crippen LogP contribution is 2.33. The topological polar surface area (TPSA) is 59.0 Å². The Morgan fingerprint density at radius 2 is 2.14 bits per heavy atom. The molecule has 7 heteroatoms. The van der Waals surface area contributed by atoms with Crippen molar-refractivity contribution in [1.82, 2.24) is 4.90 Å². The molecule has 0 amide bonds. The maximum absolute atomic E-state index is 11.9. The summed E-state index contributed by atoms with van der Waals surface area (Å²) in [5.74, 6) is 2.12. The molecule has 2 unspecified atom stereocenters. The van der Waals surface area contributed by atoms with E-state index in [1.807, 2.05) is 24.3 Å². The van der Waals surface area contributed by atoms with E-state index < -0.39 is 9.84 Å². The molecule has 0 N–H and O–H groups in total. The van der Waals surface area contributed by atoms with Gasteiger partial charge in [-0.2, -0.15) is 0 Å². The van der Waals surface area contributed by atoms with Crippen molar-refractivity contribution in [3.05, 3.63) is 29.8 Å².